The number of nitrogens with zero attached hydrogens (tertiary/aromatic N) is 2. The monoisotopic (exact) mass is 671 g/mol. The number of amides is 7. The van der Waals surface area contributed by atoms with E-state index in [4.69, 9.17) is 16.2 Å². The number of ketones is 1. The van der Waals surface area contributed by atoms with Crippen molar-refractivity contribution in [3.05, 3.63) is 42.0 Å². The number of imide groups is 1. The average molecular weight is 672 g/mol. The van der Waals surface area contributed by atoms with Crippen molar-refractivity contribution < 1.29 is 38.3 Å². The van der Waals surface area contributed by atoms with E-state index in [9.17, 15) is 33.6 Å². The average Bonchev–Trinajstić information content (AvgIpc) is 3.36. The Balaban J connectivity index is 1.94. The Morgan fingerprint density at radius 1 is 0.958 bits per heavy atom. The Hall–Kier alpha value is -4.79. The van der Waals surface area contributed by atoms with Gasteiger partial charge in [0.05, 0.1) is 6.04 Å². The zero-order chi connectivity index (χ0) is 35.6. The second-order valence-electron chi connectivity index (χ2n) is 12.0. The number of hydrogen-bond acceptors (Lipinski definition) is 9. The number of nitrogens with two attached hydrogens (primary N) is 2. The molecule has 2 rings (SSSR count). The summed E-state index contributed by atoms with van der Waals surface area (Å²) in [4.78, 5) is 88.5. The van der Waals surface area contributed by atoms with E-state index in [1.54, 1.807) is 31.3 Å². The van der Waals surface area contributed by atoms with E-state index < -0.39 is 30.0 Å². The number of carbonyl (C=O) groups excluding carboxylic acids is 7. The summed E-state index contributed by atoms with van der Waals surface area (Å²) in [7, 11) is 1.59. The summed E-state index contributed by atoms with van der Waals surface area (Å²) in [6.07, 6.45) is 4.34. The third-order valence-corrected chi connectivity index (χ3v) is 7.72. The van der Waals surface area contributed by atoms with Gasteiger partial charge >= 0.3 is 12.1 Å². The van der Waals surface area contributed by atoms with Gasteiger partial charge in [0.2, 0.25) is 11.8 Å². The van der Waals surface area contributed by atoms with Gasteiger partial charge in [-0.05, 0) is 49.3 Å². The number of hydrogen-bond donors (Lipinski definition) is 5. The van der Waals surface area contributed by atoms with Crippen LogP contribution >= 0.6 is 0 Å². The molecule has 1 aromatic carbocycles. The summed E-state index contributed by atoms with van der Waals surface area (Å²) < 4.78 is 5.26. The summed E-state index contributed by atoms with van der Waals surface area (Å²) >= 11 is 0. The molecule has 0 aromatic heterocycles. The number of ether oxygens (including phenoxy) is 1. The summed E-state index contributed by atoms with van der Waals surface area (Å²) in [6.45, 7) is 4.84. The first-order chi connectivity index (χ1) is 22.8. The lowest BCUT2D eigenvalue weighted by Gasteiger charge is -2.24. The molecule has 1 heterocycles. The number of urea groups is 1. The number of anilines is 1. The number of unbranched alkanes of at least 4 members (excludes halogenated alkanes) is 2. The summed E-state index contributed by atoms with van der Waals surface area (Å²) in [6, 6.07) is 5.22. The van der Waals surface area contributed by atoms with Crippen molar-refractivity contribution >= 4 is 47.2 Å². The highest BCUT2D eigenvalue weighted by Gasteiger charge is 2.29. The Morgan fingerprint density at radius 3 is 2.23 bits per heavy atom. The second-order valence-corrected chi connectivity index (χ2v) is 12.0. The number of benzene rings is 1. The zero-order valence-corrected chi connectivity index (χ0v) is 28.0. The van der Waals surface area contributed by atoms with Crippen LogP contribution in [0.3, 0.4) is 0 Å². The Morgan fingerprint density at radius 2 is 1.62 bits per heavy atom. The molecule has 0 radical (unpaired) electrons. The van der Waals surface area contributed by atoms with Crippen molar-refractivity contribution in [1.29, 1.82) is 0 Å². The van der Waals surface area contributed by atoms with Gasteiger partial charge in [-0.1, -0.05) is 32.4 Å². The van der Waals surface area contributed by atoms with Crippen LogP contribution in [0.4, 0.5) is 15.3 Å². The largest absolute Gasteiger partial charge is 0.445 e. The molecule has 264 valence electrons. The van der Waals surface area contributed by atoms with E-state index >= 15 is 0 Å². The van der Waals surface area contributed by atoms with Crippen LogP contribution in [0.5, 0.6) is 0 Å². The summed E-state index contributed by atoms with van der Waals surface area (Å²) in [5, 5.41) is 8.12. The number of likely N-dealkylation sites (N-methyl/N-ethyl adjacent to an activating group) is 1. The van der Waals surface area contributed by atoms with Gasteiger partial charge in [-0.15, -0.1) is 0 Å². The van der Waals surface area contributed by atoms with Gasteiger partial charge in [0.15, 0.2) is 5.78 Å². The first kappa shape index (κ1) is 39.4. The van der Waals surface area contributed by atoms with Crippen LogP contribution in [0, 0.1) is 11.8 Å². The number of rotatable bonds is 21. The highest BCUT2D eigenvalue weighted by Crippen LogP contribution is 2.20. The molecular weight excluding hydrogens is 622 g/mol. The van der Waals surface area contributed by atoms with Crippen LogP contribution in [0.1, 0.15) is 64.4 Å². The fourth-order valence-corrected chi connectivity index (χ4v) is 4.97. The van der Waals surface area contributed by atoms with Crippen molar-refractivity contribution in [2.45, 2.75) is 71.4 Å². The Bertz CT molecular complexity index is 1300. The first-order valence-electron chi connectivity index (χ1n) is 16.2. The molecule has 7 amide bonds. The van der Waals surface area contributed by atoms with Gasteiger partial charge < -0.3 is 37.1 Å². The van der Waals surface area contributed by atoms with E-state index in [0.29, 0.717) is 50.0 Å². The van der Waals surface area contributed by atoms with Crippen LogP contribution in [-0.4, -0.2) is 90.6 Å². The first-order valence-corrected chi connectivity index (χ1v) is 16.2. The molecule has 7 N–H and O–H groups in total. The minimum Gasteiger partial charge on any atom is -0.445 e. The van der Waals surface area contributed by atoms with Crippen LogP contribution < -0.4 is 27.4 Å². The maximum atomic E-state index is 13.5. The van der Waals surface area contributed by atoms with Gasteiger partial charge in [-0.25, -0.2) is 9.59 Å². The molecule has 0 spiro atoms. The predicted molar refractivity (Wildman–Crippen MR) is 178 cm³/mol. The van der Waals surface area contributed by atoms with Gasteiger partial charge in [0.1, 0.15) is 6.61 Å². The minimum atomic E-state index is -0.812. The lowest BCUT2D eigenvalue weighted by molar-refractivity contribution is -0.137. The molecule has 48 heavy (non-hydrogen) atoms. The second kappa shape index (κ2) is 20.4. The molecule has 0 unspecified atom stereocenters. The topological polar surface area (TPSA) is 223 Å². The number of Topliss-reactive ketones (excluding diaryl/α,β-unsaturated/α-hetero) is 1. The molecule has 0 aliphatic carbocycles. The normalized spacial score (nSPS) is 13.6. The van der Waals surface area contributed by atoms with Crippen LogP contribution in [0.15, 0.2) is 36.4 Å². The van der Waals surface area contributed by atoms with Gasteiger partial charge in [-0.2, -0.15) is 0 Å². The lowest BCUT2D eigenvalue weighted by atomic mass is 9.89. The van der Waals surface area contributed by atoms with E-state index in [1.165, 1.54) is 17.1 Å². The lowest BCUT2D eigenvalue weighted by Crippen LogP contribution is -2.45. The standard InChI is InChI=1S/C33H49N7O8/c1-22(2)30(38-27(42)9-5-4-6-18-40-28(43)14-15-29(40)44)26(41)20-24(8-7-17-36-32(35)46)31(45)37-25-12-10-23(11-13-25)21-48-33(47)39(3)19-16-34/h10-15,22,24,30H,4-9,16-21,34H2,1-3H3,(H,37,45)(H,38,42)(H3,35,36,46)/t24-,30+/m1/s1. The molecule has 15 heteroatoms. The van der Waals surface area contributed by atoms with Crippen LogP contribution in [0.25, 0.3) is 0 Å². The fraction of sp³-hybridized carbons (Fsp3) is 0.545. The van der Waals surface area contributed by atoms with Gasteiger partial charge in [0.25, 0.3) is 11.8 Å². The molecule has 0 bridgehead atoms. The molecule has 1 aliphatic rings. The zero-order valence-electron chi connectivity index (χ0n) is 28.0. The molecule has 0 saturated carbocycles. The molecular formula is C33H49N7O8. The predicted octanol–water partition coefficient (Wildman–Crippen LogP) is 1.80. The highest BCUT2D eigenvalue weighted by atomic mass is 16.6. The number of nitrogens with one attached hydrogen (secondary N) is 3. The highest BCUT2D eigenvalue weighted by molar-refractivity contribution is 6.12. The number of carbonyl (C=O) groups is 7. The third kappa shape index (κ3) is 13.9. The van der Waals surface area contributed by atoms with E-state index in [2.05, 4.69) is 16.0 Å². The quantitative estimate of drug-likeness (QED) is 0.0948. The maximum Gasteiger partial charge on any atom is 0.409 e. The van der Waals surface area contributed by atoms with Gasteiger partial charge in [0, 0.05) is 69.8 Å². The number of primary amides is 1. The molecule has 0 fully saturated rings. The smallest absolute Gasteiger partial charge is 0.409 e. The Kier molecular flexibility index (Phi) is 16.8. The molecule has 0 saturated heterocycles. The van der Waals surface area contributed by atoms with E-state index in [-0.39, 0.29) is 68.4 Å². The van der Waals surface area contributed by atoms with Crippen molar-refractivity contribution in [3.63, 3.8) is 0 Å². The summed E-state index contributed by atoms with van der Waals surface area (Å²) in [5.74, 6) is -2.67. The van der Waals surface area contributed by atoms with E-state index in [0.717, 1.165) is 4.90 Å². The third-order valence-electron chi connectivity index (χ3n) is 7.72. The van der Waals surface area contributed by atoms with Crippen molar-refractivity contribution in [3.8, 4) is 0 Å². The summed E-state index contributed by atoms with van der Waals surface area (Å²) in [5.41, 5.74) is 11.8. The SMILES string of the molecule is CC(C)[C@H](NC(=O)CCCCCN1C(=O)C=CC1=O)C(=O)C[C@@H](CCCNC(N)=O)C(=O)Nc1ccc(COC(=O)N(C)CCN)cc1. The van der Waals surface area contributed by atoms with Crippen molar-refractivity contribution in [1.82, 2.24) is 20.4 Å². The molecule has 1 aliphatic heterocycles. The molecule has 1 aromatic rings. The van der Waals surface area contributed by atoms with E-state index in [1.807, 2.05) is 13.8 Å². The van der Waals surface area contributed by atoms with Crippen molar-refractivity contribution in [2.75, 3.05) is 38.5 Å². The van der Waals surface area contributed by atoms with Crippen molar-refractivity contribution in [2.24, 2.45) is 23.3 Å². The minimum absolute atomic E-state index is 0.0343. The van der Waals surface area contributed by atoms with Crippen LogP contribution in [-0.2, 0) is 35.3 Å². The molecule has 2 atom stereocenters. The molecule has 15 nitrogen and oxygen atoms in total. The Labute approximate surface area is 281 Å². The maximum absolute atomic E-state index is 13.5. The van der Waals surface area contributed by atoms with Gasteiger partial charge in [-0.3, -0.25) is 28.9 Å². The van der Waals surface area contributed by atoms with Crippen LogP contribution in [0.2, 0.25) is 0 Å². The fourth-order valence-electron chi connectivity index (χ4n) is 4.97.